The average molecular weight is 260 g/mol. The van der Waals surface area contributed by atoms with Gasteiger partial charge in [0.05, 0.1) is 10.3 Å². The summed E-state index contributed by atoms with van der Waals surface area (Å²) in [6, 6.07) is 4.06. The van der Waals surface area contributed by atoms with Crippen LogP contribution in [0.3, 0.4) is 0 Å². The number of carboxylic acids is 1. The van der Waals surface area contributed by atoms with Crippen molar-refractivity contribution in [3.05, 3.63) is 21.3 Å². The summed E-state index contributed by atoms with van der Waals surface area (Å²) in [5.74, 6) is -0.868. The SMILES string of the molecule is CN(Cc1ccc(Cl)s1)C1CCC1C(=O)O. The van der Waals surface area contributed by atoms with Crippen molar-refractivity contribution in [3.8, 4) is 0 Å². The van der Waals surface area contributed by atoms with Crippen molar-refractivity contribution >= 4 is 28.9 Å². The molecule has 1 aliphatic carbocycles. The smallest absolute Gasteiger partial charge is 0.308 e. The standard InChI is InChI=1S/C11H14ClNO2S/c1-13(6-7-2-5-10(12)16-7)9-4-3-8(9)11(14)15/h2,5,8-9H,3-4,6H2,1H3,(H,14,15). The minimum atomic E-state index is -0.674. The van der Waals surface area contributed by atoms with Crippen molar-refractivity contribution in [1.29, 1.82) is 0 Å². The fraction of sp³-hybridized carbons (Fsp3) is 0.545. The van der Waals surface area contributed by atoms with E-state index in [-0.39, 0.29) is 12.0 Å². The zero-order valence-corrected chi connectivity index (χ0v) is 10.6. The molecule has 88 valence electrons. The molecule has 1 saturated carbocycles. The summed E-state index contributed by atoms with van der Waals surface area (Å²) in [7, 11) is 1.98. The summed E-state index contributed by atoms with van der Waals surface area (Å²) >= 11 is 7.41. The lowest BCUT2D eigenvalue weighted by Crippen LogP contribution is -2.48. The van der Waals surface area contributed by atoms with E-state index in [1.165, 1.54) is 4.88 Å². The van der Waals surface area contributed by atoms with Crippen molar-refractivity contribution in [1.82, 2.24) is 4.90 Å². The predicted octanol–water partition coefficient (Wildman–Crippen LogP) is 2.70. The normalized spacial score (nSPS) is 24.4. The molecule has 0 aliphatic heterocycles. The summed E-state index contributed by atoms with van der Waals surface area (Å²) in [5.41, 5.74) is 0. The van der Waals surface area contributed by atoms with Crippen LogP contribution in [0, 0.1) is 5.92 Å². The Labute approximate surface area is 104 Å². The quantitative estimate of drug-likeness (QED) is 0.904. The summed E-state index contributed by atoms with van der Waals surface area (Å²) in [6.45, 7) is 0.784. The largest absolute Gasteiger partial charge is 0.481 e. The van der Waals surface area contributed by atoms with Gasteiger partial charge in [0.25, 0.3) is 0 Å². The molecule has 2 unspecified atom stereocenters. The van der Waals surface area contributed by atoms with Crippen molar-refractivity contribution in [3.63, 3.8) is 0 Å². The Bertz CT molecular complexity index is 393. The van der Waals surface area contributed by atoms with E-state index in [4.69, 9.17) is 16.7 Å². The molecule has 2 atom stereocenters. The lowest BCUT2D eigenvalue weighted by atomic mass is 9.79. The van der Waals surface area contributed by atoms with Gasteiger partial charge >= 0.3 is 5.97 Å². The maximum Gasteiger partial charge on any atom is 0.308 e. The number of aliphatic carboxylic acids is 1. The molecule has 2 rings (SSSR count). The van der Waals surface area contributed by atoms with Crippen molar-refractivity contribution in [2.75, 3.05) is 7.05 Å². The molecular weight excluding hydrogens is 246 g/mol. The first-order valence-corrected chi connectivity index (χ1v) is 6.44. The number of hydrogen-bond acceptors (Lipinski definition) is 3. The maximum absolute atomic E-state index is 10.9. The van der Waals surface area contributed by atoms with Gasteiger partial charge in [-0.1, -0.05) is 11.6 Å². The third kappa shape index (κ3) is 2.39. The number of thiophene rings is 1. The number of hydrogen-bond donors (Lipinski definition) is 1. The third-order valence-electron chi connectivity index (χ3n) is 3.16. The first-order chi connectivity index (χ1) is 7.58. The molecule has 16 heavy (non-hydrogen) atoms. The number of rotatable bonds is 4. The average Bonchev–Trinajstić information content (AvgIpc) is 2.47. The van der Waals surface area contributed by atoms with Crippen LogP contribution in [0.4, 0.5) is 0 Å². The Balaban J connectivity index is 1.93. The van der Waals surface area contributed by atoms with Crippen LogP contribution >= 0.6 is 22.9 Å². The van der Waals surface area contributed by atoms with Gasteiger partial charge in [-0.2, -0.15) is 0 Å². The lowest BCUT2D eigenvalue weighted by Gasteiger charge is -2.40. The molecule has 0 saturated heterocycles. The molecule has 0 amide bonds. The monoisotopic (exact) mass is 259 g/mol. The fourth-order valence-corrected chi connectivity index (χ4v) is 3.25. The molecule has 3 nitrogen and oxygen atoms in total. The van der Waals surface area contributed by atoms with E-state index in [0.717, 1.165) is 23.7 Å². The van der Waals surface area contributed by atoms with Gasteiger partial charge in [0, 0.05) is 17.5 Å². The van der Waals surface area contributed by atoms with Crippen LogP contribution in [-0.2, 0) is 11.3 Å². The highest BCUT2D eigenvalue weighted by molar-refractivity contribution is 7.16. The number of carbonyl (C=O) groups is 1. The Kier molecular flexibility index (Phi) is 3.52. The molecule has 1 N–H and O–H groups in total. The molecule has 0 radical (unpaired) electrons. The first-order valence-electron chi connectivity index (χ1n) is 5.25. The van der Waals surface area contributed by atoms with Crippen molar-refractivity contribution in [2.24, 2.45) is 5.92 Å². The van der Waals surface area contributed by atoms with Crippen molar-refractivity contribution < 1.29 is 9.90 Å². The Morgan fingerprint density at radius 3 is 2.81 bits per heavy atom. The molecule has 0 bridgehead atoms. The van der Waals surface area contributed by atoms with E-state index in [0.29, 0.717) is 0 Å². The van der Waals surface area contributed by atoms with Crippen LogP contribution in [0.25, 0.3) is 0 Å². The van der Waals surface area contributed by atoms with Gasteiger partial charge in [-0.15, -0.1) is 11.3 Å². The van der Waals surface area contributed by atoms with Crippen LogP contribution in [0.5, 0.6) is 0 Å². The van der Waals surface area contributed by atoms with Gasteiger partial charge in [-0.25, -0.2) is 0 Å². The Hall–Kier alpha value is -0.580. The summed E-state index contributed by atoms with van der Waals surface area (Å²) in [6.07, 6.45) is 1.78. The second-order valence-electron chi connectivity index (χ2n) is 4.21. The van der Waals surface area contributed by atoms with E-state index in [1.54, 1.807) is 11.3 Å². The van der Waals surface area contributed by atoms with Gasteiger partial charge in [0.1, 0.15) is 0 Å². The molecule has 1 aromatic rings. The molecule has 0 spiro atoms. The van der Waals surface area contributed by atoms with Gasteiger partial charge in [-0.05, 0) is 32.0 Å². The third-order valence-corrected chi connectivity index (χ3v) is 4.37. The van der Waals surface area contributed by atoms with Gasteiger partial charge in [0.15, 0.2) is 0 Å². The first kappa shape index (κ1) is 11.9. The zero-order valence-electron chi connectivity index (χ0n) is 9.02. The summed E-state index contributed by atoms with van der Waals surface area (Å²) < 4.78 is 0.784. The summed E-state index contributed by atoms with van der Waals surface area (Å²) in [5, 5.41) is 8.98. The second-order valence-corrected chi connectivity index (χ2v) is 6.01. The van der Waals surface area contributed by atoms with Gasteiger partial charge in [0.2, 0.25) is 0 Å². The highest BCUT2D eigenvalue weighted by atomic mass is 35.5. The molecular formula is C11H14ClNO2S. The molecule has 0 aromatic carbocycles. The van der Waals surface area contributed by atoms with E-state index < -0.39 is 5.97 Å². The zero-order chi connectivity index (χ0) is 11.7. The number of halogens is 1. The van der Waals surface area contributed by atoms with Gasteiger partial charge in [-0.3, -0.25) is 9.69 Å². The highest BCUT2D eigenvalue weighted by Gasteiger charge is 2.38. The van der Waals surface area contributed by atoms with Crippen molar-refractivity contribution in [2.45, 2.75) is 25.4 Å². The van der Waals surface area contributed by atoms with Crippen LogP contribution in [0.1, 0.15) is 17.7 Å². The molecule has 1 aromatic heterocycles. The highest BCUT2D eigenvalue weighted by Crippen LogP contribution is 2.33. The number of nitrogens with zero attached hydrogens (tertiary/aromatic N) is 1. The van der Waals surface area contributed by atoms with Crippen LogP contribution in [0.2, 0.25) is 4.34 Å². The van der Waals surface area contributed by atoms with E-state index in [9.17, 15) is 4.79 Å². The topological polar surface area (TPSA) is 40.5 Å². The van der Waals surface area contributed by atoms with E-state index in [2.05, 4.69) is 4.90 Å². The molecule has 5 heteroatoms. The minimum Gasteiger partial charge on any atom is -0.481 e. The Morgan fingerprint density at radius 1 is 1.62 bits per heavy atom. The van der Waals surface area contributed by atoms with Crippen LogP contribution < -0.4 is 0 Å². The molecule has 1 fully saturated rings. The maximum atomic E-state index is 10.9. The van der Waals surface area contributed by atoms with Crippen LogP contribution in [-0.4, -0.2) is 29.1 Å². The van der Waals surface area contributed by atoms with Gasteiger partial charge < -0.3 is 5.11 Å². The Morgan fingerprint density at radius 2 is 2.38 bits per heavy atom. The number of carboxylic acid groups (broad SMARTS) is 1. The van der Waals surface area contributed by atoms with E-state index in [1.807, 2.05) is 19.2 Å². The fourth-order valence-electron chi connectivity index (χ4n) is 2.10. The molecule has 1 aliphatic rings. The predicted molar refractivity (Wildman–Crippen MR) is 64.9 cm³/mol. The lowest BCUT2D eigenvalue weighted by molar-refractivity contribution is -0.148. The van der Waals surface area contributed by atoms with E-state index >= 15 is 0 Å². The van der Waals surface area contributed by atoms with Crippen LogP contribution in [0.15, 0.2) is 12.1 Å². The minimum absolute atomic E-state index is 0.179. The summed E-state index contributed by atoms with van der Waals surface area (Å²) in [4.78, 5) is 14.2. The second kappa shape index (κ2) is 4.73. The molecule has 1 heterocycles.